The lowest BCUT2D eigenvalue weighted by Gasteiger charge is -2.06. The first kappa shape index (κ1) is 11.9. The topological polar surface area (TPSA) is 101 Å². The number of fused-ring (bicyclic) bond motifs is 1. The standard InChI is InChI=1S/C11H10N2O5/c1-18-7-4-2-3-6-9(7)12-11(17)13(10(6)16)5-8(14)15/h2-4H,5H2,1H3,(H,12,17)(H,14,15). The first-order chi connectivity index (χ1) is 8.54. The second-order valence-electron chi connectivity index (χ2n) is 3.60. The summed E-state index contributed by atoms with van der Waals surface area (Å²) in [5.41, 5.74) is -1.17. The van der Waals surface area contributed by atoms with Crippen LogP contribution in [0.25, 0.3) is 10.9 Å². The van der Waals surface area contributed by atoms with Crippen LogP contribution < -0.4 is 16.0 Å². The van der Waals surface area contributed by atoms with Crippen molar-refractivity contribution in [1.82, 2.24) is 9.55 Å². The molecule has 7 heteroatoms. The fourth-order valence-corrected chi connectivity index (χ4v) is 1.70. The van der Waals surface area contributed by atoms with Crippen molar-refractivity contribution in [2.45, 2.75) is 6.54 Å². The molecule has 2 aromatic rings. The van der Waals surface area contributed by atoms with Gasteiger partial charge in [-0.2, -0.15) is 0 Å². The van der Waals surface area contributed by atoms with E-state index in [-0.39, 0.29) is 10.9 Å². The molecule has 0 saturated carbocycles. The third-order valence-electron chi connectivity index (χ3n) is 2.49. The van der Waals surface area contributed by atoms with Crippen molar-refractivity contribution >= 4 is 16.9 Å². The molecule has 0 unspecified atom stereocenters. The van der Waals surface area contributed by atoms with Crippen LogP contribution in [0.1, 0.15) is 0 Å². The van der Waals surface area contributed by atoms with Gasteiger partial charge in [0.15, 0.2) is 0 Å². The smallest absolute Gasteiger partial charge is 0.329 e. The number of nitrogens with one attached hydrogen (secondary N) is 1. The molecule has 0 atom stereocenters. The lowest BCUT2D eigenvalue weighted by molar-refractivity contribution is -0.137. The van der Waals surface area contributed by atoms with Gasteiger partial charge in [0.05, 0.1) is 18.0 Å². The summed E-state index contributed by atoms with van der Waals surface area (Å²) < 4.78 is 5.65. The Bertz CT molecular complexity index is 728. The van der Waals surface area contributed by atoms with Crippen LogP contribution >= 0.6 is 0 Å². The first-order valence-corrected chi connectivity index (χ1v) is 5.06. The monoisotopic (exact) mass is 250 g/mol. The summed E-state index contributed by atoms with van der Waals surface area (Å²) in [7, 11) is 1.41. The molecule has 0 radical (unpaired) electrons. The van der Waals surface area contributed by atoms with E-state index in [4.69, 9.17) is 9.84 Å². The van der Waals surface area contributed by atoms with Crippen LogP contribution in [0.2, 0.25) is 0 Å². The molecule has 1 heterocycles. The molecule has 0 aliphatic heterocycles. The maximum atomic E-state index is 12.0. The first-order valence-electron chi connectivity index (χ1n) is 5.06. The van der Waals surface area contributed by atoms with Crippen molar-refractivity contribution in [3.8, 4) is 5.75 Å². The highest BCUT2D eigenvalue weighted by Gasteiger charge is 2.12. The van der Waals surface area contributed by atoms with Crippen molar-refractivity contribution in [2.24, 2.45) is 0 Å². The Morgan fingerprint density at radius 1 is 1.44 bits per heavy atom. The number of aromatic amines is 1. The molecule has 0 saturated heterocycles. The molecule has 18 heavy (non-hydrogen) atoms. The second-order valence-corrected chi connectivity index (χ2v) is 3.60. The number of para-hydroxylation sites is 1. The van der Waals surface area contributed by atoms with Gasteiger partial charge in [0.1, 0.15) is 12.3 Å². The fraction of sp³-hybridized carbons (Fsp3) is 0.182. The van der Waals surface area contributed by atoms with Crippen molar-refractivity contribution in [3.05, 3.63) is 39.0 Å². The SMILES string of the molecule is COc1cccc2c(=O)n(CC(=O)O)c(=O)[nH]c12. The Morgan fingerprint density at radius 2 is 2.17 bits per heavy atom. The highest BCUT2D eigenvalue weighted by molar-refractivity contribution is 5.83. The largest absolute Gasteiger partial charge is 0.495 e. The fourth-order valence-electron chi connectivity index (χ4n) is 1.70. The molecule has 2 N–H and O–H groups in total. The quantitative estimate of drug-likeness (QED) is 0.784. The number of nitrogens with zero attached hydrogens (tertiary/aromatic N) is 1. The summed E-state index contributed by atoms with van der Waals surface area (Å²) >= 11 is 0. The van der Waals surface area contributed by atoms with Gasteiger partial charge in [-0.25, -0.2) is 9.36 Å². The number of carboxylic acid groups (broad SMARTS) is 1. The molecule has 0 bridgehead atoms. The number of aromatic nitrogens is 2. The Hall–Kier alpha value is -2.57. The molecule has 7 nitrogen and oxygen atoms in total. The minimum Gasteiger partial charge on any atom is -0.495 e. The number of hydrogen-bond donors (Lipinski definition) is 2. The van der Waals surface area contributed by atoms with Gasteiger partial charge < -0.3 is 14.8 Å². The van der Waals surface area contributed by atoms with Crippen LogP contribution in [0.15, 0.2) is 27.8 Å². The number of carbonyl (C=O) groups is 1. The predicted molar refractivity (Wildman–Crippen MR) is 63.0 cm³/mol. The number of benzene rings is 1. The summed E-state index contributed by atoms with van der Waals surface area (Å²) in [5.74, 6) is -0.908. The third kappa shape index (κ3) is 1.86. The normalized spacial score (nSPS) is 10.5. The van der Waals surface area contributed by atoms with Crippen LogP contribution in [-0.4, -0.2) is 27.7 Å². The van der Waals surface area contributed by atoms with Crippen molar-refractivity contribution < 1.29 is 14.6 Å². The minimum absolute atomic E-state index is 0.204. The van der Waals surface area contributed by atoms with Gasteiger partial charge in [-0.1, -0.05) is 6.07 Å². The maximum absolute atomic E-state index is 12.0. The lowest BCUT2D eigenvalue weighted by atomic mass is 10.2. The van der Waals surface area contributed by atoms with Crippen LogP contribution in [0, 0.1) is 0 Å². The van der Waals surface area contributed by atoms with Crippen molar-refractivity contribution in [1.29, 1.82) is 0 Å². The Kier molecular flexibility index (Phi) is 2.88. The van der Waals surface area contributed by atoms with E-state index >= 15 is 0 Å². The average molecular weight is 250 g/mol. The summed E-state index contributed by atoms with van der Waals surface area (Å²) in [6.07, 6.45) is 0. The summed E-state index contributed by atoms with van der Waals surface area (Å²) in [6, 6.07) is 4.68. The van der Waals surface area contributed by atoms with E-state index in [9.17, 15) is 14.4 Å². The van der Waals surface area contributed by atoms with Gasteiger partial charge in [-0.15, -0.1) is 0 Å². The zero-order valence-corrected chi connectivity index (χ0v) is 9.47. The van der Waals surface area contributed by atoms with Gasteiger partial charge in [0, 0.05) is 0 Å². The van der Waals surface area contributed by atoms with E-state index in [0.29, 0.717) is 10.3 Å². The molecule has 0 aliphatic rings. The Balaban J connectivity index is 2.84. The van der Waals surface area contributed by atoms with E-state index in [1.54, 1.807) is 12.1 Å². The minimum atomic E-state index is -1.26. The van der Waals surface area contributed by atoms with E-state index in [0.717, 1.165) is 0 Å². The third-order valence-corrected chi connectivity index (χ3v) is 2.49. The van der Waals surface area contributed by atoms with E-state index in [1.165, 1.54) is 13.2 Å². The summed E-state index contributed by atoms with van der Waals surface area (Å²) in [4.78, 5) is 36.7. The number of H-pyrrole nitrogens is 1. The zero-order chi connectivity index (χ0) is 13.3. The predicted octanol–water partition coefficient (Wildman–Crippen LogP) is -0.217. The van der Waals surface area contributed by atoms with Gasteiger partial charge in [0.25, 0.3) is 5.56 Å². The molecule has 94 valence electrons. The van der Waals surface area contributed by atoms with Crippen LogP contribution in [-0.2, 0) is 11.3 Å². The van der Waals surface area contributed by atoms with Gasteiger partial charge >= 0.3 is 11.7 Å². The Morgan fingerprint density at radius 3 is 2.78 bits per heavy atom. The molecule has 0 fully saturated rings. The molecular weight excluding hydrogens is 240 g/mol. The van der Waals surface area contributed by atoms with E-state index in [1.807, 2.05) is 0 Å². The molecule has 1 aromatic heterocycles. The number of hydrogen-bond acceptors (Lipinski definition) is 4. The average Bonchev–Trinajstić information content (AvgIpc) is 2.33. The van der Waals surface area contributed by atoms with Crippen molar-refractivity contribution in [3.63, 3.8) is 0 Å². The van der Waals surface area contributed by atoms with Crippen LogP contribution in [0.3, 0.4) is 0 Å². The molecular formula is C11H10N2O5. The van der Waals surface area contributed by atoms with E-state index in [2.05, 4.69) is 4.98 Å². The van der Waals surface area contributed by atoms with Gasteiger partial charge in [-0.05, 0) is 12.1 Å². The highest BCUT2D eigenvalue weighted by Crippen LogP contribution is 2.19. The Labute approximate surface area is 100 Å². The summed E-state index contributed by atoms with van der Waals surface area (Å²) in [5, 5.41) is 8.86. The zero-order valence-electron chi connectivity index (χ0n) is 9.47. The number of methoxy groups -OCH3 is 1. The van der Waals surface area contributed by atoms with E-state index < -0.39 is 23.8 Å². The number of carboxylic acids is 1. The highest BCUT2D eigenvalue weighted by atomic mass is 16.5. The van der Waals surface area contributed by atoms with Gasteiger partial charge in [0.2, 0.25) is 0 Å². The van der Waals surface area contributed by atoms with Crippen LogP contribution in [0.5, 0.6) is 5.75 Å². The molecule has 0 aliphatic carbocycles. The maximum Gasteiger partial charge on any atom is 0.329 e. The number of aliphatic carboxylic acids is 1. The van der Waals surface area contributed by atoms with Gasteiger partial charge in [-0.3, -0.25) is 9.59 Å². The molecule has 0 spiro atoms. The van der Waals surface area contributed by atoms with Crippen molar-refractivity contribution in [2.75, 3.05) is 7.11 Å². The van der Waals surface area contributed by atoms with Crippen LogP contribution in [0.4, 0.5) is 0 Å². The second kappa shape index (κ2) is 4.36. The number of rotatable bonds is 3. The number of ether oxygens (including phenoxy) is 1. The molecule has 0 amide bonds. The molecule has 2 rings (SSSR count). The molecule has 1 aromatic carbocycles. The summed E-state index contributed by atoms with van der Waals surface area (Å²) in [6.45, 7) is -0.679. The lowest BCUT2D eigenvalue weighted by Crippen LogP contribution is -2.37.